The standard InChI is InChI=1S/C8H15N4O14P3.4Na/c9-6(15)7-10-2-12(11-7)8-5(14)4(13)3(24-8)1-23-28(19,20)26-29(21,22)25-27(16,17)18;;;;/h2-5,8,13-14H,1H2,(H2,9,15)(H,19,20)(H,21,22)(H2,16,17,18);;;;/q;4*+1/p-4/t3-,4-,5-,8-;;;;/m1..../s1. The molecule has 1 fully saturated rings. The summed E-state index contributed by atoms with van der Waals surface area (Å²) >= 11 is 0. The average molecular weight is 572 g/mol. The fourth-order valence-electron chi connectivity index (χ4n) is 2.04. The zero-order valence-corrected chi connectivity index (χ0v) is 28.3. The molecule has 0 bridgehead atoms. The van der Waals surface area contributed by atoms with Crippen molar-refractivity contribution in [1.29, 1.82) is 0 Å². The fraction of sp³-hybridized carbons (Fsp3) is 0.625. The van der Waals surface area contributed by atoms with E-state index in [9.17, 15) is 48.3 Å². The van der Waals surface area contributed by atoms with E-state index in [1.54, 1.807) is 0 Å². The van der Waals surface area contributed by atoms with Crippen LogP contribution >= 0.6 is 23.5 Å². The van der Waals surface area contributed by atoms with Gasteiger partial charge in [0.05, 0.1) is 14.4 Å². The van der Waals surface area contributed by atoms with Crippen LogP contribution in [0.25, 0.3) is 0 Å². The third kappa shape index (κ3) is 13.0. The molecule has 1 aliphatic heterocycles. The van der Waals surface area contributed by atoms with Crippen molar-refractivity contribution < 1.29 is 184 Å². The monoisotopic (exact) mass is 572 g/mol. The van der Waals surface area contributed by atoms with Crippen molar-refractivity contribution in [3.8, 4) is 0 Å². The number of ether oxygens (including phenoxy) is 1. The minimum atomic E-state index is -6.15. The molecule has 25 heteroatoms. The van der Waals surface area contributed by atoms with E-state index in [2.05, 4.69) is 23.2 Å². The number of nitrogens with zero attached hydrogens (tertiary/aromatic N) is 3. The molecule has 2 heterocycles. The molecule has 166 valence electrons. The van der Waals surface area contributed by atoms with Gasteiger partial charge in [-0.1, -0.05) is 0 Å². The summed E-state index contributed by atoms with van der Waals surface area (Å²) in [4.78, 5) is 57.5. The quantitative estimate of drug-likeness (QED) is 0.183. The maximum Gasteiger partial charge on any atom is 1.00 e. The molecule has 2 rings (SSSR count). The Morgan fingerprint density at radius 2 is 1.61 bits per heavy atom. The number of rotatable bonds is 9. The van der Waals surface area contributed by atoms with Crippen LogP contribution in [0.15, 0.2) is 6.33 Å². The number of phosphoric acid groups is 3. The normalized spacial score (nSPS) is 25.8. The Kier molecular flexibility index (Phi) is 19.7. The van der Waals surface area contributed by atoms with Gasteiger partial charge in [0.15, 0.2) is 6.23 Å². The molecule has 1 amide bonds. The number of primary amides is 1. The Labute approximate surface area is 273 Å². The van der Waals surface area contributed by atoms with Crippen LogP contribution < -0.4 is 144 Å². The van der Waals surface area contributed by atoms with Crippen LogP contribution in [0.4, 0.5) is 0 Å². The molecule has 1 saturated heterocycles. The first kappa shape index (κ1) is 40.4. The summed E-state index contributed by atoms with van der Waals surface area (Å²) in [6.45, 7) is -1.13. The second-order valence-corrected chi connectivity index (χ2v) is 9.51. The van der Waals surface area contributed by atoms with Gasteiger partial charge in [0, 0.05) is 0 Å². The first-order valence-corrected chi connectivity index (χ1v) is 11.4. The number of carbonyl (C=O) groups excluding carboxylic acids is 1. The summed E-state index contributed by atoms with van der Waals surface area (Å²) < 4.78 is 49.1. The zero-order chi connectivity index (χ0) is 22.2. The Morgan fingerprint density at radius 1 is 1.06 bits per heavy atom. The minimum Gasteiger partial charge on any atom is -0.790 e. The molecular weight excluding hydrogens is 561 g/mol. The molecule has 6 atom stereocenters. The largest absolute Gasteiger partial charge is 1.00 e. The molecule has 33 heavy (non-hydrogen) atoms. The fourth-order valence-corrected chi connectivity index (χ4v) is 4.91. The molecule has 0 aromatic carbocycles. The number of hydrogen-bond donors (Lipinski definition) is 3. The van der Waals surface area contributed by atoms with Gasteiger partial charge in [-0.15, -0.1) is 5.10 Å². The SMILES string of the molecule is NC(=O)c1ncn([C@@H]2O[C@H](COP(=O)([O-])OP(=O)([O-])OP(=O)([O-])[O-])[C@@H](O)[C@H]2O)n1.[Na+].[Na+].[Na+].[Na+]. The van der Waals surface area contributed by atoms with Gasteiger partial charge in [-0.2, -0.15) is 0 Å². The van der Waals surface area contributed by atoms with Crippen LogP contribution in [-0.4, -0.2) is 55.8 Å². The molecule has 0 radical (unpaired) electrons. The van der Waals surface area contributed by atoms with Crippen molar-refractivity contribution in [3.05, 3.63) is 12.2 Å². The smallest absolute Gasteiger partial charge is 0.790 e. The second-order valence-electron chi connectivity index (χ2n) is 5.26. The van der Waals surface area contributed by atoms with E-state index in [1.807, 2.05) is 0 Å². The van der Waals surface area contributed by atoms with Crippen molar-refractivity contribution in [2.45, 2.75) is 24.5 Å². The first-order valence-electron chi connectivity index (χ1n) is 7.04. The molecule has 18 nitrogen and oxygen atoms in total. The summed E-state index contributed by atoms with van der Waals surface area (Å²) in [6, 6.07) is 0. The molecule has 1 aliphatic rings. The minimum absolute atomic E-state index is 0. The van der Waals surface area contributed by atoms with E-state index in [-0.39, 0.29) is 118 Å². The van der Waals surface area contributed by atoms with Gasteiger partial charge >= 0.3 is 118 Å². The predicted molar refractivity (Wildman–Crippen MR) is 75.4 cm³/mol. The van der Waals surface area contributed by atoms with Crippen LogP contribution in [0.2, 0.25) is 0 Å². The van der Waals surface area contributed by atoms with Gasteiger partial charge in [-0.3, -0.25) is 18.2 Å². The Morgan fingerprint density at radius 3 is 2.06 bits per heavy atom. The zero-order valence-electron chi connectivity index (χ0n) is 17.6. The van der Waals surface area contributed by atoms with Gasteiger partial charge in [0.2, 0.25) is 5.82 Å². The van der Waals surface area contributed by atoms with Crippen molar-refractivity contribution in [1.82, 2.24) is 14.8 Å². The Bertz CT molecular complexity index is 917. The van der Waals surface area contributed by atoms with Crippen molar-refractivity contribution in [3.63, 3.8) is 0 Å². The number of carbonyl (C=O) groups is 1. The summed E-state index contributed by atoms with van der Waals surface area (Å²) in [6.07, 6.45) is -5.66. The van der Waals surface area contributed by atoms with Crippen LogP contribution in [0, 0.1) is 0 Å². The molecule has 0 saturated carbocycles. The van der Waals surface area contributed by atoms with Gasteiger partial charge in [-0.25, -0.2) is 14.0 Å². The maximum atomic E-state index is 11.5. The van der Waals surface area contributed by atoms with Crippen LogP contribution in [0.3, 0.4) is 0 Å². The number of hydrogen-bond acceptors (Lipinski definition) is 16. The molecule has 1 aromatic heterocycles. The molecule has 1 aromatic rings. The molecular formula is C8H11N4Na4O14P3. The first-order chi connectivity index (χ1) is 13.1. The molecule has 4 N–H and O–H groups in total. The Hall–Kier alpha value is 2.90. The van der Waals surface area contributed by atoms with E-state index >= 15 is 0 Å². The topological polar surface area (TPSA) is 295 Å². The van der Waals surface area contributed by atoms with Crippen molar-refractivity contribution in [2.24, 2.45) is 5.73 Å². The average Bonchev–Trinajstić information content (AvgIpc) is 3.09. The second kappa shape index (κ2) is 16.1. The number of amides is 1. The summed E-state index contributed by atoms with van der Waals surface area (Å²) in [5.74, 6) is -1.46. The number of nitrogens with two attached hydrogens (primary N) is 1. The van der Waals surface area contributed by atoms with Gasteiger partial charge in [0.1, 0.15) is 24.6 Å². The third-order valence-electron chi connectivity index (χ3n) is 3.12. The predicted octanol–water partition coefficient (Wildman–Crippen LogP) is -17.2. The third-order valence-corrected chi connectivity index (χ3v) is 6.79. The number of aromatic nitrogens is 3. The maximum absolute atomic E-state index is 11.5. The molecule has 0 aliphatic carbocycles. The van der Waals surface area contributed by atoms with Crippen LogP contribution in [0.5, 0.6) is 0 Å². The Balaban J connectivity index is -0.00000225. The van der Waals surface area contributed by atoms with Crippen LogP contribution in [-0.2, 0) is 31.6 Å². The van der Waals surface area contributed by atoms with E-state index in [1.165, 1.54) is 0 Å². The van der Waals surface area contributed by atoms with Gasteiger partial charge in [-0.05, 0) is 0 Å². The number of phosphoric ester groups is 1. The van der Waals surface area contributed by atoms with Gasteiger partial charge < -0.3 is 49.3 Å². The summed E-state index contributed by atoms with van der Waals surface area (Å²) in [7, 11) is -18.1. The van der Waals surface area contributed by atoms with Crippen LogP contribution in [0.1, 0.15) is 16.8 Å². The summed E-state index contributed by atoms with van der Waals surface area (Å²) in [5, 5.41) is 23.4. The molecule has 2 unspecified atom stereocenters. The van der Waals surface area contributed by atoms with E-state index in [0.29, 0.717) is 0 Å². The van der Waals surface area contributed by atoms with Crippen molar-refractivity contribution in [2.75, 3.05) is 6.61 Å². The van der Waals surface area contributed by atoms with E-state index in [4.69, 9.17) is 10.5 Å². The summed E-state index contributed by atoms with van der Waals surface area (Å²) in [5.41, 5.74) is 4.95. The number of aliphatic hydroxyl groups excluding tert-OH is 2. The van der Waals surface area contributed by atoms with E-state index < -0.39 is 66.3 Å². The number of aliphatic hydroxyl groups is 2. The van der Waals surface area contributed by atoms with Gasteiger partial charge in [0.25, 0.3) is 21.6 Å². The molecule has 0 spiro atoms. The van der Waals surface area contributed by atoms with E-state index in [0.717, 1.165) is 11.0 Å². The van der Waals surface area contributed by atoms with Crippen molar-refractivity contribution >= 4 is 29.4 Å².